The maximum Gasteiger partial charge on any atom is 0.332 e. The molecule has 0 aliphatic heterocycles. The van der Waals surface area contributed by atoms with E-state index in [2.05, 4.69) is 9.97 Å². The summed E-state index contributed by atoms with van der Waals surface area (Å²) in [6.45, 7) is 1.84. The number of hydrogen-bond donors (Lipinski definition) is 1. The minimum atomic E-state index is -0.451. The molecule has 3 aromatic rings. The molecule has 0 fully saturated rings. The molecule has 0 spiro atoms. The van der Waals surface area contributed by atoms with Gasteiger partial charge in [0, 0.05) is 24.7 Å². The van der Waals surface area contributed by atoms with Crippen molar-refractivity contribution in [1.29, 1.82) is 0 Å². The Morgan fingerprint density at radius 1 is 1.28 bits per heavy atom. The van der Waals surface area contributed by atoms with Crippen molar-refractivity contribution in [2.45, 2.75) is 12.1 Å². The molecule has 0 bridgehead atoms. The number of nitrogens with zero attached hydrogens (tertiary/aromatic N) is 3. The van der Waals surface area contributed by atoms with Gasteiger partial charge in [0.15, 0.2) is 22.1 Å². The van der Waals surface area contributed by atoms with Gasteiger partial charge >= 0.3 is 5.69 Å². The van der Waals surface area contributed by atoms with E-state index in [9.17, 15) is 14.4 Å². The Hall–Kier alpha value is -2.32. The summed E-state index contributed by atoms with van der Waals surface area (Å²) in [7, 11) is 2.95. The maximum absolute atomic E-state index is 12.3. The minimum Gasteiger partial charge on any atom is -0.327 e. The van der Waals surface area contributed by atoms with Gasteiger partial charge in [0.25, 0.3) is 5.56 Å². The molecule has 0 saturated heterocycles. The molecule has 2 aromatic heterocycles. The number of ketones is 1. The van der Waals surface area contributed by atoms with Crippen LogP contribution >= 0.6 is 23.4 Å². The van der Waals surface area contributed by atoms with Crippen molar-refractivity contribution in [3.8, 4) is 0 Å². The predicted octanol–water partition coefficient (Wildman–Crippen LogP) is 1.90. The van der Waals surface area contributed by atoms with E-state index in [1.165, 1.54) is 23.4 Å². The number of imidazole rings is 1. The molecule has 0 saturated carbocycles. The molecule has 0 atom stereocenters. The number of aromatic amines is 1. The third kappa shape index (κ3) is 3.14. The lowest BCUT2D eigenvalue weighted by Crippen LogP contribution is -2.36. The van der Waals surface area contributed by atoms with Crippen LogP contribution in [0.25, 0.3) is 11.2 Å². The number of thioether (sulfide) groups is 1. The number of Topliss-reactive ketones (excluding diaryl/α,β-unsaturated/α-hetero) is 1. The van der Waals surface area contributed by atoms with Gasteiger partial charge in [0.1, 0.15) is 0 Å². The molecule has 1 aromatic carbocycles. The molecule has 0 aliphatic rings. The van der Waals surface area contributed by atoms with Crippen molar-refractivity contribution in [2.75, 3.05) is 5.75 Å². The van der Waals surface area contributed by atoms with Crippen LogP contribution in [0.1, 0.15) is 15.9 Å². The fourth-order valence-electron chi connectivity index (χ4n) is 2.41. The van der Waals surface area contributed by atoms with Crippen molar-refractivity contribution < 1.29 is 4.79 Å². The molecule has 0 radical (unpaired) electrons. The summed E-state index contributed by atoms with van der Waals surface area (Å²) in [4.78, 5) is 43.5. The second kappa shape index (κ2) is 6.53. The number of H-pyrrole nitrogens is 1. The van der Waals surface area contributed by atoms with Gasteiger partial charge in [-0.3, -0.25) is 18.7 Å². The molecule has 7 nitrogen and oxygen atoms in total. The third-order valence-corrected chi connectivity index (χ3v) is 5.19. The van der Waals surface area contributed by atoms with E-state index >= 15 is 0 Å². The molecule has 0 amide bonds. The summed E-state index contributed by atoms with van der Waals surface area (Å²) >= 11 is 7.14. The zero-order valence-corrected chi connectivity index (χ0v) is 15.4. The number of nitrogens with one attached hydrogen (secondary N) is 1. The van der Waals surface area contributed by atoms with Crippen LogP contribution in [-0.2, 0) is 14.1 Å². The largest absolute Gasteiger partial charge is 0.332 e. The first-order valence-electron chi connectivity index (χ1n) is 7.37. The van der Waals surface area contributed by atoms with Crippen LogP contribution in [0.2, 0.25) is 5.02 Å². The molecule has 0 unspecified atom stereocenters. The van der Waals surface area contributed by atoms with Crippen molar-refractivity contribution in [2.24, 2.45) is 14.1 Å². The Morgan fingerprint density at radius 3 is 2.68 bits per heavy atom. The van der Waals surface area contributed by atoms with Crippen molar-refractivity contribution in [3.05, 3.63) is 55.2 Å². The fourth-order valence-corrected chi connectivity index (χ4v) is 3.29. The van der Waals surface area contributed by atoms with Crippen LogP contribution in [0.3, 0.4) is 0 Å². The number of fused-ring (bicyclic) bond motifs is 1. The zero-order chi connectivity index (χ0) is 18.3. The highest BCUT2D eigenvalue weighted by Crippen LogP contribution is 2.20. The van der Waals surface area contributed by atoms with Crippen molar-refractivity contribution in [3.63, 3.8) is 0 Å². The molecule has 2 heterocycles. The van der Waals surface area contributed by atoms with Crippen molar-refractivity contribution >= 4 is 40.3 Å². The number of hydrogen-bond acceptors (Lipinski definition) is 5. The smallest absolute Gasteiger partial charge is 0.327 e. The summed E-state index contributed by atoms with van der Waals surface area (Å²) in [5.74, 6) is 0.0711. The average Bonchev–Trinajstić information content (AvgIpc) is 3.03. The van der Waals surface area contributed by atoms with Gasteiger partial charge in [0.2, 0.25) is 0 Å². The summed E-state index contributed by atoms with van der Waals surface area (Å²) in [5.41, 5.74) is 1.01. The average molecular weight is 379 g/mol. The first-order chi connectivity index (χ1) is 11.8. The molecule has 25 heavy (non-hydrogen) atoms. The summed E-state index contributed by atoms with van der Waals surface area (Å²) < 4.78 is 2.30. The highest BCUT2D eigenvalue weighted by Gasteiger charge is 2.15. The van der Waals surface area contributed by atoms with E-state index in [1.54, 1.807) is 25.2 Å². The monoisotopic (exact) mass is 378 g/mol. The lowest BCUT2D eigenvalue weighted by molar-refractivity contribution is 0.102. The Bertz CT molecular complexity index is 1110. The first-order valence-corrected chi connectivity index (χ1v) is 8.74. The van der Waals surface area contributed by atoms with E-state index in [1.807, 2.05) is 6.92 Å². The van der Waals surface area contributed by atoms with Gasteiger partial charge in [-0.15, -0.1) is 0 Å². The lowest BCUT2D eigenvalue weighted by Gasteiger charge is -2.02. The van der Waals surface area contributed by atoms with Crippen LogP contribution in [0, 0.1) is 6.92 Å². The molecular weight excluding hydrogens is 364 g/mol. The molecule has 1 N–H and O–H groups in total. The van der Waals surface area contributed by atoms with Gasteiger partial charge in [-0.1, -0.05) is 23.4 Å². The molecular formula is C16H15ClN4O3S. The topological polar surface area (TPSA) is 89.8 Å². The number of rotatable bonds is 4. The van der Waals surface area contributed by atoms with Crippen molar-refractivity contribution in [1.82, 2.24) is 19.1 Å². The van der Waals surface area contributed by atoms with E-state index < -0.39 is 11.2 Å². The zero-order valence-electron chi connectivity index (χ0n) is 13.8. The predicted molar refractivity (Wildman–Crippen MR) is 97.8 cm³/mol. The normalized spacial score (nSPS) is 11.2. The molecule has 3 rings (SSSR count). The van der Waals surface area contributed by atoms with Crippen LogP contribution in [0.4, 0.5) is 0 Å². The van der Waals surface area contributed by atoms with Gasteiger partial charge in [-0.2, -0.15) is 0 Å². The number of aromatic nitrogens is 4. The highest BCUT2D eigenvalue weighted by molar-refractivity contribution is 7.99. The summed E-state index contributed by atoms with van der Waals surface area (Å²) in [5, 5.41) is 1.02. The minimum absolute atomic E-state index is 0.0768. The standard InChI is InChI=1S/C16H15ClN4O3S/c1-8-6-9(4-5-10(8)17)11(22)7-25-15-18-12-13(19-15)20(2)16(24)21(3)14(12)23/h4-6H,7H2,1-3H3,(H,18,19). The van der Waals surface area contributed by atoms with Crippen LogP contribution in [0.5, 0.6) is 0 Å². The number of carbonyl (C=O) groups is 1. The van der Waals surface area contributed by atoms with E-state index in [4.69, 9.17) is 11.6 Å². The van der Waals surface area contributed by atoms with Gasteiger partial charge in [0.05, 0.1) is 5.75 Å². The second-order valence-electron chi connectivity index (χ2n) is 5.62. The number of aryl methyl sites for hydroxylation is 2. The Morgan fingerprint density at radius 2 is 2.00 bits per heavy atom. The Balaban J connectivity index is 1.86. The van der Waals surface area contributed by atoms with Crippen LogP contribution < -0.4 is 11.2 Å². The number of carbonyl (C=O) groups excluding carboxylic acids is 1. The van der Waals surface area contributed by atoms with Crippen LogP contribution in [0.15, 0.2) is 32.9 Å². The summed E-state index contributed by atoms with van der Waals surface area (Å²) in [6.07, 6.45) is 0. The van der Waals surface area contributed by atoms with E-state index in [0.29, 0.717) is 15.7 Å². The van der Waals surface area contributed by atoms with E-state index in [-0.39, 0.29) is 22.7 Å². The Labute approximate surface area is 151 Å². The second-order valence-corrected chi connectivity index (χ2v) is 6.99. The van der Waals surface area contributed by atoms with Gasteiger partial charge in [-0.25, -0.2) is 9.78 Å². The molecule has 130 valence electrons. The molecule has 0 aliphatic carbocycles. The maximum atomic E-state index is 12.3. The number of benzene rings is 1. The SMILES string of the molecule is Cc1cc(C(=O)CSc2nc3c([nH]2)c(=O)n(C)c(=O)n3C)ccc1Cl. The van der Waals surface area contributed by atoms with Gasteiger partial charge in [-0.05, 0) is 30.7 Å². The summed E-state index contributed by atoms with van der Waals surface area (Å²) in [6, 6.07) is 5.11. The third-order valence-electron chi connectivity index (χ3n) is 3.89. The number of halogens is 1. The molecule has 9 heteroatoms. The quantitative estimate of drug-likeness (QED) is 0.553. The van der Waals surface area contributed by atoms with E-state index in [0.717, 1.165) is 10.1 Å². The van der Waals surface area contributed by atoms with Gasteiger partial charge < -0.3 is 4.98 Å². The highest BCUT2D eigenvalue weighted by atomic mass is 35.5. The van der Waals surface area contributed by atoms with Crippen LogP contribution in [-0.4, -0.2) is 30.6 Å². The fraction of sp³-hybridized carbons (Fsp3) is 0.250. The lowest BCUT2D eigenvalue weighted by atomic mass is 10.1. The first kappa shape index (κ1) is 17.5. The Kier molecular flexibility index (Phi) is 4.57.